The van der Waals surface area contributed by atoms with Crippen LogP contribution in [0, 0.1) is 0 Å². The van der Waals surface area contributed by atoms with E-state index in [1.54, 1.807) is 30.9 Å². The van der Waals surface area contributed by atoms with Crippen molar-refractivity contribution in [2.24, 2.45) is 0 Å². The molecule has 2 amide bonds. The average molecular weight is 320 g/mol. The monoisotopic (exact) mass is 320 g/mol. The van der Waals surface area contributed by atoms with Crippen LogP contribution in [-0.2, 0) is 0 Å². The summed E-state index contributed by atoms with van der Waals surface area (Å²) in [6.45, 7) is 6.86. The third kappa shape index (κ3) is 4.74. The number of hydrogen-bond acceptors (Lipinski definition) is 5. The van der Waals surface area contributed by atoms with E-state index in [0.717, 1.165) is 13.1 Å². The number of piperazine rings is 1. The number of pyridine rings is 1. The minimum absolute atomic E-state index is 0.0798. The van der Waals surface area contributed by atoms with Crippen LogP contribution in [0.5, 0.6) is 0 Å². The molecule has 7 heteroatoms. The van der Waals surface area contributed by atoms with E-state index in [1.807, 2.05) is 0 Å². The third-order valence-corrected chi connectivity index (χ3v) is 3.74. The molecule has 0 aliphatic carbocycles. The van der Waals surface area contributed by atoms with Gasteiger partial charge in [0.25, 0.3) is 11.8 Å². The van der Waals surface area contributed by atoms with E-state index < -0.39 is 5.60 Å². The maximum Gasteiger partial charge on any atom is 0.269 e. The third-order valence-electron chi connectivity index (χ3n) is 3.74. The Morgan fingerprint density at radius 1 is 1.26 bits per heavy atom. The highest BCUT2D eigenvalue weighted by Gasteiger charge is 2.25. The van der Waals surface area contributed by atoms with Crippen molar-refractivity contribution >= 4 is 11.8 Å². The van der Waals surface area contributed by atoms with Crippen LogP contribution in [0.1, 0.15) is 34.7 Å². The Balaban J connectivity index is 1.93. The smallest absolute Gasteiger partial charge is 0.269 e. The maximum absolute atomic E-state index is 12.5. The van der Waals surface area contributed by atoms with Crippen LogP contribution >= 0.6 is 0 Å². The molecule has 1 aliphatic rings. The summed E-state index contributed by atoms with van der Waals surface area (Å²) >= 11 is 0. The molecule has 1 saturated heterocycles. The van der Waals surface area contributed by atoms with Gasteiger partial charge in [0.05, 0.1) is 11.2 Å². The molecule has 0 saturated carbocycles. The van der Waals surface area contributed by atoms with Gasteiger partial charge in [0, 0.05) is 46.0 Å². The summed E-state index contributed by atoms with van der Waals surface area (Å²) in [5, 5.41) is 12.3. The van der Waals surface area contributed by atoms with E-state index in [-0.39, 0.29) is 11.8 Å². The van der Waals surface area contributed by atoms with Crippen LogP contribution in [0.2, 0.25) is 0 Å². The predicted molar refractivity (Wildman–Crippen MR) is 86.3 cm³/mol. The lowest BCUT2D eigenvalue weighted by Gasteiger charge is -2.37. The second-order valence-electron chi connectivity index (χ2n) is 6.39. The van der Waals surface area contributed by atoms with Gasteiger partial charge in [-0.1, -0.05) is 0 Å². The van der Waals surface area contributed by atoms with Gasteiger partial charge in [-0.2, -0.15) is 0 Å². The van der Waals surface area contributed by atoms with Gasteiger partial charge in [0.15, 0.2) is 0 Å². The van der Waals surface area contributed by atoms with Gasteiger partial charge < -0.3 is 15.3 Å². The Labute approximate surface area is 136 Å². The summed E-state index contributed by atoms with van der Waals surface area (Å²) < 4.78 is 0. The summed E-state index contributed by atoms with van der Waals surface area (Å²) in [4.78, 5) is 31.9. The number of aliphatic hydroxyl groups is 1. The first kappa shape index (κ1) is 17.4. The topological polar surface area (TPSA) is 85.8 Å². The highest BCUT2D eigenvalue weighted by atomic mass is 16.3. The SMILES string of the molecule is CNC(=O)c1ccc(C(=O)N2CCN(CC(C)(C)O)CC2)cn1. The molecule has 0 aromatic carbocycles. The van der Waals surface area contributed by atoms with E-state index in [2.05, 4.69) is 15.2 Å². The normalized spacial score (nSPS) is 16.3. The van der Waals surface area contributed by atoms with Crippen LogP contribution < -0.4 is 5.32 Å². The molecular formula is C16H24N4O3. The lowest BCUT2D eigenvalue weighted by molar-refractivity contribution is 0.0178. The molecule has 7 nitrogen and oxygen atoms in total. The van der Waals surface area contributed by atoms with Gasteiger partial charge in [0.1, 0.15) is 5.69 Å². The van der Waals surface area contributed by atoms with Crippen molar-refractivity contribution in [3.63, 3.8) is 0 Å². The molecule has 2 rings (SSSR count). The molecule has 1 aromatic rings. The first-order valence-corrected chi connectivity index (χ1v) is 7.72. The lowest BCUT2D eigenvalue weighted by Crippen LogP contribution is -2.52. The maximum atomic E-state index is 12.5. The highest BCUT2D eigenvalue weighted by molar-refractivity contribution is 5.96. The van der Waals surface area contributed by atoms with Crippen molar-refractivity contribution in [3.05, 3.63) is 29.6 Å². The van der Waals surface area contributed by atoms with E-state index in [4.69, 9.17) is 0 Å². The molecular weight excluding hydrogens is 296 g/mol. The summed E-state index contributed by atoms with van der Waals surface area (Å²) in [7, 11) is 1.54. The summed E-state index contributed by atoms with van der Waals surface area (Å²) in [6.07, 6.45) is 1.44. The molecule has 2 heterocycles. The number of nitrogens with zero attached hydrogens (tertiary/aromatic N) is 3. The van der Waals surface area contributed by atoms with Crippen molar-refractivity contribution in [3.8, 4) is 0 Å². The molecule has 2 N–H and O–H groups in total. The van der Waals surface area contributed by atoms with Gasteiger partial charge in [-0.25, -0.2) is 0 Å². The number of aromatic nitrogens is 1. The summed E-state index contributed by atoms with van der Waals surface area (Å²) in [5.74, 6) is -0.354. The largest absolute Gasteiger partial charge is 0.389 e. The Hall–Kier alpha value is -1.99. The molecule has 0 bridgehead atoms. The number of nitrogens with one attached hydrogen (secondary N) is 1. The van der Waals surface area contributed by atoms with Crippen molar-refractivity contribution in [1.29, 1.82) is 0 Å². The second kappa shape index (κ2) is 7.06. The number of β-amino-alcohol motifs (C(OH)–C–C–N with tert-alkyl or cyclic N) is 1. The number of amides is 2. The van der Waals surface area contributed by atoms with Gasteiger partial charge in [-0.15, -0.1) is 0 Å². The van der Waals surface area contributed by atoms with Crippen LogP contribution in [0.3, 0.4) is 0 Å². The minimum atomic E-state index is -0.730. The van der Waals surface area contributed by atoms with Crippen molar-refractivity contribution in [2.75, 3.05) is 39.8 Å². The molecule has 23 heavy (non-hydrogen) atoms. The Kier molecular flexibility index (Phi) is 5.33. The molecule has 0 unspecified atom stereocenters. The zero-order valence-corrected chi connectivity index (χ0v) is 13.9. The van der Waals surface area contributed by atoms with E-state index in [0.29, 0.717) is 30.9 Å². The van der Waals surface area contributed by atoms with Gasteiger partial charge in [-0.3, -0.25) is 19.5 Å². The zero-order valence-electron chi connectivity index (χ0n) is 13.9. The molecule has 1 fully saturated rings. The Bertz CT molecular complexity index is 558. The molecule has 0 radical (unpaired) electrons. The van der Waals surface area contributed by atoms with E-state index in [1.165, 1.54) is 13.2 Å². The lowest BCUT2D eigenvalue weighted by atomic mass is 10.1. The standard InChI is InChI=1S/C16H24N4O3/c1-16(2,23)11-19-6-8-20(9-7-19)15(22)12-4-5-13(18-10-12)14(21)17-3/h4-5,10,23H,6-9,11H2,1-3H3,(H,17,21). The molecule has 0 spiro atoms. The first-order valence-electron chi connectivity index (χ1n) is 7.72. The number of carbonyl (C=O) groups is 2. The highest BCUT2D eigenvalue weighted by Crippen LogP contribution is 2.11. The second-order valence-corrected chi connectivity index (χ2v) is 6.39. The van der Waals surface area contributed by atoms with Crippen molar-refractivity contribution in [2.45, 2.75) is 19.4 Å². The Morgan fingerprint density at radius 3 is 2.39 bits per heavy atom. The zero-order chi connectivity index (χ0) is 17.0. The van der Waals surface area contributed by atoms with Gasteiger partial charge in [-0.05, 0) is 26.0 Å². The Morgan fingerprint density at radius 2 is 1.91 bits per heavy atom. The predicted octanol–water partition coefficient (Wildman–Crippen LogP) is -0.0301. The average Bonchev–Trinajstić information content (AvgIpc) is 2.53. The first-order chi connectivity index (χ1) is 10.8. The molecule has 126 valence electrons. The summed E-state index contributed by atoms with van der Waals surface area (Å²) in [6, 6.07) is 3.18. The van der Waals surface area contributed by atoms with Crippen LogP contribution in [0.4, 0.5) is 0 Å². The van der Waals surface area contributed by atoms with Crippen LogP contribution in [0.25, 0.3) is 0 Å². The van der Waals surface area contributed by atoms with Gasteiger partial charge >= 0.3 is 0 Å². The fraction of sp³-hybridized carbons (Fsp3) is 0.562. The fourth-order valence-corrected chi connectivity index (χ4v) is 2.62. The molecule has 1 aliphatic heterocycles. The minimum Gasteiger partial charge on any atom is -0.389 e. The fourth-order valence-electron chi connectivity index (χ4n) is 2.62. The van der Waals surface area contributed by atoms with Crippen molar-refractivity contribution < 1.29 is 14.7 Å². The van der Waals surface area contributed by atoms with E-state index in [9.17, 15) is 14.7 Å². The molecule has 1 aromatic heterocycles. The number of hydrogen-bond donors (Lipinski definition) is 2. The van der Waals surface area contributed by atoms with Crippen LogP contribution in [-0.4, -0.2) is 77.1 Å². The molecule has 0 atom stereocenters. The van der Waals surface area contributed by atoms with E-state index >= 15 is 0 Å². The number of carbonyl (C=O) groups excluding carboxylic acids is 2. The van der Waals surface area contributed by atoms with Gasteiger partial charge in [0.2, 0.25) is 0 Å². The number of rotatable bonds is 4. The van der Waals surface area contributed by atoms with Crippen molar-refractivity contribution in [1.82, 2.24) is 20.1 Å². The van der Waals surface area contributed by atoms with Crippen LogP contribution in [0.15, 0.2) is 18.3 Å². The quantitative estimate of drug-likeness (QED) is 0.814. The summed E-state index contributed by atoms with van der Waals surface area (Å²) in [5.41, 5.74) is 0.0406.